The standard InChI is InChI=1S/C24H27ClFN5O3/c1-24(2,3)34-23(33)31-10-8-30(9-11-31)20-7-4-16(26)12-15(20)14-27-17-5-6-18-19(13-17)21(25)28-29-22(18)32/h4-7,12-13,27H,8-11,14H2,1-3H3,(H,29,32). The molecule has 10 heteroatoms. The van der Waals surface area contributed by atoms with E-state index in [9.17, 15) is 14.0 Å². The molecule has 0 bridgehead atoms. The van der Waals surface area contributed by atoms with Crippen LogP contribution in [-0.2, 0) is 11.3 Å². The topological polar surface area (TPSA) is 90.6 Å². The van der Waals surface area contributed by atoms with E-state index in [-0.39, 0.29) is 22.6 Å². The van der Waals surface area contributed by atoms with Gasteiger partial charge in [-0.05, 0) is 62.7 Å². The van der Waals surface area contributed by atoms with Gasteiger partial charge in [-0.3, -0.25) is 4.79 Å². The highest BCUT2D eigenvalue weighted by atomic mass is 35.5. The number of anilines is 2. The molecule has 180 valence electrons. The van der Waals surface area contributed by atoms with Crippen molar-refractivity contribution in [3.63, 3.8) is 0 Å². The smallest absolute Gasteiger partial charge is 0.410 e. The molecule has 2 N–H and O–H groups in total. The zero-order valence-corrected chi connectivity index (χ0v) is 20.1. The summed E-state index contributed by atoms with van der Waals surface area (Å²) in [6, 6.07) is 9.89. The molecule has 1 amide bonds. The van der Waals surface area contributed by atoms with E-state index < -0.39 is 5.60 Å². The SMILES string of the molecule is CC(C)(C)OC(=O)N1CCN(c2ccc(F)cc2CNc2ccc3c(=O)[nH]nc(Cl)c3c2)CC1. The minimum Gasteiger partial charge on any atom is -0.444 e. The summed E-state index contributed by atoms with van der Waals surface area (Å²) in [6.45, 7) is 8.15. The minimum absolute atomic E-state index is 0.201. The fraction of sp³-hybridized carbons (Fsp3) is 0.375. The van der Waals surface area contributed by atoms with E-state index >= 15 is 0 Å². The molecule has 2 aromatic carbocycles. The lowest BCUT2D eigenvalue weighted by molar-refractivity contribution is 0.0240. The van der Waals surface area contributed by atoms with Crippen molar-refractivity contribution in [3.8, 4) is 0 Å². The van der Waals surface area contributed by atoms with E-state index in [0.29, 0.717) is 43.5 Å². The van der Waals surface area contributed by atoms with Gasteiger partial charge >= 0.3 is 6.09 Å². The Bertz CT molecular complexity index is 1270. The van der Waals surface area contributed by atoms with Gasteiger partial charge in [0.2, 0.25) is 0 Å². The van der Waals surface area contributed by atoms with E-state index in [2.05, 4.69) is 20.4 Å². The Balaban J connectivity index is 1.47. The van der Waals surface area contributed by atoms with Crippen LogP contribution in [0.15, 0.2) is 41.2 Å². The third-order valence-corrected chi connectivity index (χ3v) is 5.83. The van der Waals surface area contributed by atoms with Crippen molar-refractivity contribution in [2.45, 2.75) is 32.9 Å². The van der Waals surface area contributed by atoms with Crippen LogP contribution in [0, 0.1) is 5.82 Å². The fourth-order valence-corrected chi connectivity index (χ4v) is 4.10. The van der Waals surface area contributed by atoms with Crippen LogP contribution in [0.25, 0.3) is 10.8 Å². The summed E-state index contributed by atoms with van der Waals surface area (Å²) in [5, 5.41) is 10.6. The Kier molecular flexibility index (Phi) is 6.65. The van der Waals surface area contributed by atoms with E-state index in [1.54, 1.807) is 29.2 Å². The van der Waals surface area contributed by atoms with Gasteiger partial charge in [-0.2, -0.15) is 5.10 Å². The molecular weight excluding hydrogens is 461 g/mol. The van der Waals surface area contributed by atoms with Crippen molar-refractivity contribution in [3.05, 3.63) is 63.3 Å². The van der Waals surface area contributed by atoms with E-state index in [1.165, 1.54) is 12.1 Å². The molecule has 4 rings (SSSR count). The van der Waals surface area contributed by atoms with Crippen LogP contribution >= 0.6 is 11.6 Å². The molecule has 3 aromatic rings. The lowest BCUT2D eigenvalue weighted by Gasteiger charge is -2.37. The van der Waals surface area contributed by atoms with Crippen molar-refractivity contribution < 1.29 is 13.9 Å². The van der Waals surface area contributed by atoms with Crippen molar-refractivity contribution in [1.29, 1.82) is 0 Å². The molecule has 1 aromatic heterocycles. The Morgan fingerprint density at radius 2 is 1.88 bits per heavy atom. The quantitative estimate of drug-likeness (QED) is 0.567. The second kappa shape index (κ2) is 9.50. The molecule has 0 unspecified atom stereocenters. The van der Waals surface area contributed by atoms with Gasteiger partial charge in [-0.15, -0.1) is 0 Å². The predicted molar refractivity (Wildman–Crippen MR) is 131 cm³/mol. The predicted octanol–water partition coefficient (Wildman–Crippen LogP) is 4.38. The van der Waals surface area contributed by atoms with Crippen LogP contribution < -0.4 is 15.8 Å². The number of nitrogens with zero attached hydrogens (tertiary/aromatic N) is 3. The van der Waals surface area contributed by atoms with Gasteiger partial charge in [0.05, 0.1) is 5.39 Å². The number of H-pyrrole nitrogens is 1. The highest BCUT2D eigenvalue weighted by molar-refractivity contribution is 6.34. The molecule has 0 aliphatic carbocycles. The van der Waals surface area contributed by atoms with E-state index in [4.69, 9.17) is 16.3 Å². The number of carbonyl (C=O) groups excluding carboxylic acids is 1. The normalized spacial score (nSPS) is 14.4. The molecule has 34 heavy (non-hydrogen) atoms. The van der Waals surface area contributed by atoms with Crippen LogP contribution in [0.1, 0.15) is 26.3 Å². The summed E-state index contributed by atoms with van der Waals surface area (Å²) in [7, 11) is 0. The van der Waals surface area contributed by atoms with Crippen molar-refractivity contribution in [1.82, 2.24) is 15.1 Å². The van der Waals surface area contributed by atoms with Crippen LogP contribution in [-0.4, -0.2) is 53.0 Å². The number of ether oxygens (including phenoxy) is 1. The van der Waals surface area contributed by atoms with Gasteiger partial charge in [0.25, 0.3) is 5.56 Å². The number of fused-ring (bicyclic) bond motifs is 1. The monoisotopic (exact) mass is 487 g/mol. The highest BCUT2D eigenvalue weighted by Crippen LogP contribution is 2.26. The van der Waals surface area contributed by atoms with Crippen molar-refractivity contribution in [2.24, 2.45) is 0 Å². The molecule has 1 saturated heterocycles. The molecule has 0 saturated carbocycles. The largest absolute Gasteiger partial charge is 0.444 e. The number of piperazine rings is 1. The van der Waals surface area contributed by atoms with Crippen LogP contribution in [0.3, 0.4) is 0 Å². The lowest BCUT2D eigenvalue weighted by atomic mass is 10.1. The van der Waals surface area contributed by atoms with Crippen LogP contribution in [0.2, 0.25) is 5.15 Å². The summed E-state index contributed by atoms with van der Waals surface area (Å²) in [5.41, 5.74) is 1.55. The first-order valence-electron chi connectivity index (χ1n) is 11.0. The number of nitrogens with one attached hydrogen (secondary N) is 2. The van der Waals surface area contributed by atoms with Gasteiger partial charge in [-0.25, -0.2) is 14.3 Å². The minimum atomic E-state index is -0.541. The van der Waals surface area contributed by atoms with Crippen LogP contribution in [0.4, 0.5) is 20.6 Å². The number of aromatic amines is 1. The summed E-state index contributed by atoms with van der Waals surface area (Å²) >= 11 is 6.13. The highest BCUT2D eigenvalue weighted by Gasteiger charge is 2.26. The van der Waals surface area contributed by atoms with E-state index in [1.807, 2.05) is 20.8 Å². The zero-order valence-electron chi connectivity index (χ0n) is 19.3. The molecule has 1 aliphatic rings. The number of halogens is 2. The summed E-state index contributed by atoms with van der Waals surface area (Å²) < 4.78 is 19.6. The zero-order chi connectivity index (χ0) is 24.5. The number of benzene rings is 2. The Morgan fingerprint density at radius 1 is 1.15 bits per heavy atom. The van der Waals surface area contributed by atoms with Gasteiger partial charge in [-0.1, -0.05) is 11.6 Å². The van der Waals surface area contributed by atoms with Gasteiger partial charge < -0.3 is 19.9 Å². The van der Waals surface area contributed by atoms with Crippen molar-refractivity contribution >= 4 is 39.8 Å². The summed E-state index contributed by atoms with van der Waals surface area (Å²) in [4.78, 5) is 28.1. The van der Waals surface area contributed by atoms with Gasteiger partial charge in [0, 0.05) is 49.5 Å². The fourth-order valence-electron chi connectivity index (χ4n) is 3.90. The Hall–Kier alpha value is -3.33. The van der Waals surface area contributed by atoms with E-state index in [0.717, 1.165) is 16.9 Å². The molecule has 0 spiro atoms. The summed E-state index contributed by atoms with van der Waals surface area (Å²) in [5.74, 6) is -0.328. The number of amides is 1. The molecule has 1 aliphatic heterocycles. The van der Waals surface area contributed by atoms with Gasteiger partial charge in [0.15, 0.2) is 5.15 Å². The third kappa shape index (κ3) is 5.41. The molecule has 8 nitrogen and oxygen atoms in total. The number of aromatic nitrogens is 2. The second-order valence-electron chi connectivity index (χ2n) is 9.18. The number of hydrogen-bond acceptors (Lipinski definition) is 6. The first kappa shape index (κ1) is 23.8. The average molecular weight is 488 g/mol. The lowest BCUT2D eigenvalue weighted by Crippen LogP contribution is -2.50. The number of hydrogen-bond donors (Lipinski definition) is 2. The molecular formula is C24H27ClFN5O3. The molecule has 0 radical (unpaired) electrons. The maximum atomic E-state index is 14.1. The first-order valence-corrected chi connectivity index (χ1v) is 11.4. The number of carbonyl (C=O) groups is 1. The van der Waals surface area contributed by atoms with Crippen LogP contribution in [0.5, 0.6) is 0 Å². The average Bonchev–Trinajstić information content (AvgIpc) is 2.79. The maximum absolute atomic E-state index is 14.1. The second-order valence-corrected chi connectivity index (χ2v) is 9.54. The van der Waals surface area contributed by atoms with Crippen molar-refractivity contribution in [2.75, 3.05) is 36.4 Å². The van der Waals surface area contributed by atoms with Gasteiger partial charge in [0.1, 0.15) is 11.4 Å². The molecule has 0 atom stereocenters. The third-order valence-electron chi connectivity index (χ3n) is 5.54. The number of rotatable bonds is 4. The molecule has 1 fully saturated rings. The molecule has 2 heterocycles. The Labute approximate surface area is 201 Å². The maximum Gasteiger partial charge on any atom is 0.410 e. The Morgan fingerprint density at radius 3 is 2.59 bits per heavy atom. The first-order chi connectivity index (χ1) is 16.1. The summed E-state index contributed by atoms with van der Waals surface area (Å²) in [6.07, 6.45) is -0.323.